The third-order valence-electron chi connectivity index (χ3n) is 5.52. The van der Waals surface area contributed by atoms with E-state index in [1.54, 1.807) is 0 Å². The second kappa shape index (κ2) is 12.5. The number of nitrogens with one attached hydrogen (secondary N) is 2. The number of rotatable bonds is 7. The first-order valence-corrected chi connectivity index (χ1v) is 10.6. The SMILES string of the molecule is CCNC(=NCc1cccnc1N1CCC(C(N)=O)CC1)NCc1ccccc1C.I. The minimum absolute atomic E-state index is 0. The van der Waals surface area contributed by atoms with Gasteiger partial charge in [0.15, 0.2) is 5.96 Å². The monoisotopic (exact) mass is 536 g/mol. The summed E-state index contributed by atoms with van der Waals surface area (Å²) in [5, 5.41) is 6.73. The summed E-state index contributed by atoms with van der Waals surface area (Å²) in [6, 6.07) is 12.4. The van der Waals surface area contributed by atoms with Gasteiger partial charge in [-0.15, -0.1) is 24.0 Å². The van der Waals surface area contributed by atoms with Gasteiger partial charge in [0.2, 0.25) is 5.91 Å². The topological polar surface area (TPSA) is 95.6 Å². The average molecular weight is 536 g/mol. The van der Waals surface area contributed by atoms with E-state index in [4.69, 9.17) is 10.7 Å². The largest absolute Gasteiger partial charge is 0.369 e. The van der Waals surface area contributed by atoms with Gasteiger partial charge in [-0.3, -0.25) is 4.79 Å². The lowest BCUT2D eigenvalue weighted by Gasteiger charge is -2.32. The molecule has 1 saturated heterocycles. The van der Waals surface area contributed by atoms with Gasteiger partial charge in [0.1, 0.15) is 5.82 Å². The van der Waals surface area contributed by atoms with Crippen LogP contribution in [0, 0.1) is 12.8 Å². The number of amides is 1. The van der Waals surface area contributed by atoms with E-state index in [0.717, 1.165) is 56.4 Å². The van der Waals surface area contributed by atoms with Crippen molar-refractivity contribution in [2.24, 2.45) is 16.6 Å². The number of carbonyl (C=O) groups excluding carboxylic acids is 1. The number of carbonyl (C=O) groups is 1. The molecule has 2 heterocycles. The van der Waals surface area contributed by atoms with Gasteiger partial charge in [0.25, 0.3) is 0 Å². The van der Waals surface area contributed by atoms with E-state index in [9.17, 15) is 4.79 Å². The Bertz CT molecular complexity index is 880. The van der Waals surface area contributed by atoms with Gasteiger partial charge in [-0.2, -0.15) is 0 Å². The Labute approximate surface area is 201 Å². The van der Waals surface area contributed by atoms with Crippen molar-refractivity contribution in [1.29, 1.82) is 0 Å². The molecule has 0 bridgehead atoms. The van der Waals surface area contributed by atoms with Crippen molar-refractivity contribution in [1.82, 2.24) is 15.6 Å². The third-order valence-corrected chi connectivity index (χ3v) is 5.52. The maximum atomic E-state index is 11.4. The highest BCUT2D eigenvalue weighted by Crippen LogP contribution is 2.24. The van der Waals surface area contributed by atoms with Gasteiger partial charge in [-0.05, 0) is 43.9 Å². The molecule has 7 nitrogen and oxygen atoms in total. The Balaban J connectivity index is 0.00000341. The van der Waals surface area contributed by atoms with Crippen molar-refractivity contribution in [3.05, 3.63) is 59.3 Å². The Morgan fingerprint density at radius 1 is 1.16 bits per heavy atom. The molecular formula is C23H33IN6O. The first kappa shape index (κ1) is 24.9. The molecule has 0 radical (unpaired) electrons. The van der Waals surface area contributed by atoms with Crippen LogP contribution in [0.1, 0.15) is 36.5 Å². The highest BCUT2D eigenvalue weighted by Gasteiger charge is 2.24. The maximum absolute atomic E-state index is 11.4. The van der Waals surface area contributed by atoms with Crippen LogP contribution in [0.2, 0.25) is 0 Å². The third kappa shape index (κ3) is 7.09. The molecule has 4 N–H and O–H groups in total. The molecule has 1 fully saturated rings. The fourth-order valence-electron chi connectivity index (χ4n) is 3.71. The number of piperidine rings is 1. The number of nitrogens with zero attached hydrogens (tertiary/aromatic N) is 3. The van der Waals surface area contributed by atoms with Gasteiger partial charge in [0.05, 0.1) is 6.54 Å². The first-order valence-electron chi connectivity index (χ1n) is 10.6. The summed E-state index contributed by atoms with van der Waals surface area (Å²) < 4.78 is 0. The van der Waals surface area contributed by atoms with E-state index in [1.165, 1.54) is 11.1 Å². The normalized spacial score (nSPS) is 14.6. The lowest BCUT2D eigenvalue weighted by Crippen LogP contribution is -2.39. The van der Waals surface area contributed by atoms with E-state index in [0.29, 0.717) is 6.54 Å². The van der Waals surface area contributed by atoms with Crippen LogP contribution in [-0.2, 0) is 17.9 Å². The highest BCUT2D eigenvalue weighted by atomic mass is 127. The quantitative estimate of drug-likeness (QED) is 0.288. The smallest absolute Gasteiger partial charge is 0.220 e. The van der Waals surface area contributed by atoms with Crippen LogP contribution < -0.4 is 21.3 Å². The van der Waals surface area contributed by atoms with Crippen LogP contribution in [0.3, 0.4) is 0 Å². The van der Waals surface area contributed by atoms with Crippen molar-refractivity contribution < 1.29 is 4.79 Å². The molecule has 1 aromatic carbocycles. The Hall–Kier alpha value is -2.36. The number of hydrogen-bond acceptors (Lipinski definition) is 4. The lowest BCUT2D eigenvalue weighted by atomic mass is 9.96. The Kier molecular flexibility index (Phi) is 10.0. The predicted molar refractivity (Wildman–Crippen MR) is 137 cm³/mol. The van der Waals surface area contributed by atoms with E-state index >= 15 is 0 Å². The molecule has 0 saturated carbocycles. The average Bonchev–Trinajstić information content (AvgIpc) is 2.77. The number of aromatic nitrogens is 1. The number of benzene rings is 1. The van der Waals surface area contributed by atoms with Gasteiger partial charge in [0, 0.05) is 43.9 Å². The van der Waals surface area contributed by atoms with Crippen LogP contribution >= 0.6 is 24.0 Å². The van der Waals surface area contributed by atoms with Crippen LogP contribution in [-0.4, -0.2) is 36.5 Å². The molecule has 0 atom stereocenters. The summed E-state index contributed by atoms with van der Waals surface area (Å²) >= 11 is 0. The number of hydrogen-bond donors (Lipinski definition) is 3. The molecule has 0 aliphatic carbocycles. The molecule has 2 aromatic rings. The second-order valence-corrected chi connectivity index (χ2v) is 7.63. The number of halogens is 1. The Morgan fingerprint density at radius 3 is 2.55 bits per heavy atom. The van der Waals surface area contributed by atoms with Gasteiger partial charge in [-0.25, -0.2) is 9.98 Å². The molecule has 1 aromatic heterocycles. The van der Waals surface area contributed by atoms with E-state index in [1.807, 2.05) is 18.3 Å². The van der Waals surface area contributed by atoms with Crippen molar-refractivity contribution >= 4 is 41.7 Å². The van der Waals surface area contributed by atoms with Gasteiger partial charge < -0.3 is 21.3 Å². The first-order chi connectivity index (χ1) is 14.6. The predicted octanol–water partition coefficient (Wildman–Crippen LogP) is 2.97. The van der Waals surface area contributed by atoms with Crippen LogP contribution in [0.15, 0.2) is 47.6 Å². The van der Waals surface area contributed by atoms with Crippen LogP contribution in [0.25, 0.3) is 0 Å². The second-order valence-electron chi connectivity index (χ2n) is 7.63. The van der Waals surface area contributed by atoms with Gasteiger partial charge >= 0.3 is 0 Å². The summed E-state index contributed by atoms with van der Waals surface area (Å²) in [4.78, 5) is 23.1. The summed E-state index contributed by atoms with van der Waals surface area (Å²) in [6.45, 7) is 7.79. The van der Waals surface area contributed by atoms with Crippen LogP contribution in [0.4, 0.5) is 5.82 Å². The van der Waals surface area contributed by atoms with Crippen molar-refractivity contribution in [2.45, 2.75) is 39.8 Å². The van der Waals surface area contributed by atoms with Crippen molar-refractivity contribution in [2.75, 3.05) is 24.5 Å². The number of nitrogens with two attached hydrogens (primary N) is 1. The van der Waals surface area contributed by atoms with E-state index < -0.39 is 0 Å². The molecule has 1 aliphatic heterocycles. The molecule has 8 heteroatoms. The number of aryl methyl sites for hydroxylation is 1. The minimum Gasteiger partial charge on any atom is -0.369 e. The fourth-order valence-corrected chi connectivity index (χ4v) is 3.71. The number of guanidine groups is 1. The summed E-state index contributed by atoms with van der Waals surface area (Å²) in [5.74, 6) is 1.50. The van der Waals surface area contributed by atoms with E-state index in [2.05, 4.69) is 58.6 Å². The standard InChI is InChI=1S/C23H32N6O.HI/c1-3-25-23(27-15-19-8-5-4-7-17(19)2)28-16-20-9-6-12-26-22(20)29-13-10-18(11-14-29)21(24)30;/h4-9,12,18H,3,10-11,13-16H2,1-2H3,(H2,24,30)(H2,25,27,28);1H. The highest BCUT2D eigenvalue weighted by molar-refractivity contribution is 14.0. The maximum Gasteiger partial charge on any atom is 0.220 e. The number of primary amides is 1. The molecule has 3 rings (SSSR count). The lowest BCUT2D eigenvalue weighted by molar-refractivity contribution is -0.122. The Morgan fingerprint density at radius 2 is 1.87 bits per heavy atom. The summed E-state index contributed by atoms with van der Waals surface area (Å²) in [7, 11) is 0. The number of anilines is 1. The molecule has 1 aliphatic rings. The van der Waals surface area contributed by atoms with Crippen LogP contribution in [0.5, 0.6) is 0 Å². The molecule has 31 heavy (non-hydrogen) atoms. The summed E-state index contributed by atoms with van der Waals surface area (Å²) in [6.07, 6.45) is 3.36. The van der Waals surface area contributed by atoms with Crippen molar-refractivity contribution in [3.8, 4) is 0 Å². The molecule has 0 unspecified atom stereocenters. The molecular weight excluding hydrogens is 503 g/mol. The zero-order valence-electron chi connectivity index (χ0n) is 18.3. The zero-order chi connectivity index (χ0) is 21.3. The molecule has 0 spiro atoms. The molecule has 168 valence electrons. The number of pyridine rings is 1. The number of aliphatic imine (C=N–C) groups is 1. The van der Waals surface area contributed by atoms with Gasteiger partial charge in [-0.1, -0.05) is 30.3 Å². The zero-order valence-corrected chi connectivity index (χ0v) is 20.6. The minimum atomic E-state index is -0.199. The summed E-state index contributed by atoms with van der Waals surface area (Å²) in [5.41, 5.74) is 9.05. The van der Waals surface area contributed by atoms with Crippen molar-refractivity contribution in [3.63, 3.8) is 0 Å². The van der Waals surface area contributed by atoms with E-state index in [-0.39, 0.29) is 35.8 Å². The fraction of sp³-hybridized carbons (Fsp3) is 0.435. The molecule has 1 amide bonds.